The summed E-state index contributed by atoms with van der Waals surface area (Å²) in [6, 6.07) is -0.493. The highest BCUT2D eigenvalue weighted by molar-refractivity contribution is 5.83. The van der Waals surface area contributed by atoms with Crippen molar-refractivity contribution in [3.63, 3.8) is 0 Å². The van der Waals surface area contributed by atoms with Gasteiger partial charge in [0.05, 0.1) is 12.7 Å². The Balaban J connectivity index is 2.50. The Morgan fingerprint density at radius 1 is 1.67 bits per heavy atom. The molecule has 1 saturated heterocycles. The first-order chi connectivity index (χ1) is 5.40. The van der Waals surface area contributed by atoms with Gasteiger partial charge in [0.1, 0.15) is 6.54 Å². The maximum Gasteiger partial charge on any atom is 0.406 e. The third-order valence-corrected chi connectivity index (χ3v) is 1.64. The molecular formula is C6H9F3N2O. The van der Waals surface area contributed by atoms with Crippen LogP contribution >= 0.6 is 0 Å². The Kier molecular flexibility index (Phi) is 2.27. The molecule has 1 rings (SSSR count). The summed E-state index contributed by atoms with van der Waals surface area (Å²) >= 11 is 0. The summed E-state index contributed by atoms with van der Waals surface area (Å²) in [7, 11) is 0. The maximum atomic E-state index is 11.8. The fourth-order valence-electron chi connectivity index (χ4n) is 1.04. The number of carbonyl (C=O) groups excluding carboxylic acids is 1. The number of alkyl halides is 3. The smallest absolute Gasteiger partial charge is 0.319 e. The second-order valence-electron chi connectivity index (χ2n) is 2.74. The van der Waals surface area contributed by atoms with E-state index in [1.807, 2.05) is 0 Å². The van der Waals surface area contributed by atoms with Crippen LogP contribution in [0, 0.1) is 0 Å². The van der Waals surface area contributed by atoms with Crippen molar-refractivity contribution in [1.29, 1.82) is 0 Å². The lowest BCUT2D eigenvalue weighted by Crippen LogP contribution is -2.36. The maximum absolute atomic E-state index is 11.8. The van der Waals surface area contributed by atoms with Gasteiger partial charge in [0.25, 0.3) is 0 Å². The minimum absolute atomic E-state index is 0.0144. The van der Waals surface area contributed by atoms with E-state index in [-0.39, 0.29) is 6.67 Å². The van der Waals surface area contributed by atoms with Gasteiger partial charge in [-0.1, -0.05) is 0 Å². The Bertz CT molecular complexity index is 192. The number of amides is 1. The zero-order chi connectivity index (χ0) is 9.35. The molecule has 0 spiro atoms. The lowest BCUT2D eigenvalue weighted by Gasteiger charge is -2.16. The molecule has 3 nitrogen and oxygen atoms in total. The molecule has 1 heterocycles. The average Bonchev–Trinajstić information content (AvgIpc) is 2.16. The Morgan fingerprint density at radius 3 is 2.58 bits per heavy atom. The SMILES string of the molecule is CC1NCN(CC(F)(F)F)C1=O. The van der Waals surface area contributed by atoms with Crippen molar-refractivity contribution >= 4 is 5.91 Å². The van der Waals surface area contributed by atoms with Crippen LogP contribution in [-0.2, 0) is 4.79 Å². The summed E-state index contributed by atoms with van der Waals surface area (Å²) in [6.07, 6.45) is -4.30. The summed E-state index contributed by atoms with van der Waals surface area (Å²) in [5, 5.41) is 2.62. The molecule has 1 aliphatic heterocycles. The van der Waals surface area contributed by atoms with E-state index >= 15 is 0 Å². The molecule has 0 aromatic rings. The predicted molar refractivity (Wildman–Crippen MR) is 35.2 cm³/mol. The van der Waals surface area contributed by atoms with Crippen molar-refractivity contribution in [2.24, 2.45) is 0 Å². The number of nitrogens with one attached hydrogen (secondary N) is 1. The minimum atomic E-state index is -4.30. The molecule has 12 heavy (non-hydrogen) atoms. The highest BCUT2D eigenvalue weighted by atomic mass is 19.4. The molecule has 0 bridgehead atoms. The van der Waals surface area contributed by atoms with Crippen LogP contribution in [0.25, 0.3) is 0 Å². The van der Waals surface area contributed by atoms with E-state index in [0.717, 1.165) is 4.90 Å². The van der Waals surface area contributed by atoms with Gasteiger partial charge in [-0.2, -0.15) is 13.2 Å². The second-order valence-corrected chi connectivity index (χ2v) is 2.74. The molecule has 1 N–H and O–H groups in total. The first-order valence-electron chi connectivity index (χ1n) is 3.49. The Hall–Kier alpha value is -0.780. The van der Waals surface area contributed by atoms with Gasteiger partial charge in [-0.15, -0.1) is 0 Å². The third kappa shape index (κ3) is 2.10. The fraction of sp³-hybridized carbons (Fsp3) is 0.833. The van der Waals surface area contributed by atoms with Crippen molar-refractivity contribution in [3.8, 4) is 0 Å². The van der Waals surface area contributed by atoms with Crippen molar-refractivity contribution in [3.05, 3.63) is 0 Å². The van der Waals surface area contributed by atoms with Gasteiger partial charge in [-0.25, -0.2) is 0 Å². The first-order valence-corrected chi connectivity index (χ1v) is 3.49. The van der Waals surface area contributed by atoms with Crippen LogP contribution in [0.15, 0.2) is 0 Å². The van der Waals surface area contributed by atoms with Crippen LogP contribution in [0.1, 0.15) is 6.92 Å². The van der Waals surface area contributed by atoms with Crippen molar-refractivity contribution in [2.45, 2.75) is 19.1 Å². The van der Waals surface area contributed by atoms with Crippen LogP contribution in [0.3, 0.4) is 0 Å². The van der Waals surface area contributed by atoms with E-state index in [1.165, 1.54) is 0 Å². The van der Waals surface area contributed by atoms with Crippen molar-refractivity contribution < 1.29 is 18.0 Å². The molecule has 1 unspecified atom stereocenters. The van der Waals surface area contributed by atoms with E-state index in [2.05, 4.69) is 5.32 Å². The quantitative estimate of drug-likeness (QED) is 0.633. The van der Waals surface area contributed by atoms with Gasteiger partial charge >= 0.3 is 6.18 Å². The van der Waals surface area contributed by atoms with Crippen molar-refractivity contribution in [1.82, 2.24) is 10.2 Å². The molecule has 1 amide bonds. The number of hydrogen-bond donors (Lipinski definition) is 1. The lowest BCUT2D eigenvalue weighted by molar-refractivity contribution is -0.157. The van der Waals surface area contributed by atoms with Gasteiger partial charge in [-0.05, 0) is 6.92 Å². The zero-order valence-electron chi connectivity index (χ0n) is 6.48. The summed E-state index contributed by atoms with van der Waals surface area (Å²) in [5.74, 6) is -0.493. The van der Waals surface area contributed by atoms with Crippen molar-refractivity contribution in [2.75, 3.05) is 13.2 Å². The van der Waals surface area contributed by atoms with Crippen LogP contribution in [0.5, 0.6) is 0 Å². The first kappa shape index (κ1) is 9.31. The molecule has 0 aliphatic carbocycles. The highest BCUT2D eigenvalue weighted by Gasteiger charge is 2.37. The second kappa shape index (κ2) is 2.93. The van der Waals surface area contributed by atoms with Gasteiger partial charge in [0.15, 0.2) is 0 Å². The van der Waals surface area contributed by atoms with Gasteiger partial charge in [0, 0.05) is 0 Å². The van der Waals surface area contributed by atoms with E-state index in [9.17, 15) is 18.0 Å². The normalized spacial score (nSPS) is 25.2. The molecule has 0 aromatic carbocycles. The largest absolute Gasteiger partial charge is 0.406 e. The third-order valence-electron chi connectivity index (χ3n) is 1.64. The predicted octanol–water partition coefficient (Wildman–Crippen LogP) is 0.326. The van der Waals surface area contributed by atoms with Crippen LogP contribution in [0.2, 0.25) is 0 Å². The van der Waals surface area contributed by atoms with Gasteiger partial charge in [-0.3, -0.25) is 10.1 Å². The molecule has 0 radical (unpaired) electrons. The highest BCUT2D eigenvalue weighted by Crippen LogP contribution is 2.18. The summed E-state index contributed by atoms with van der Waals surface area (Å²) < 4.78 is 35.4. The molecule has 70 valence electrons. The molecule has 1 atom stereocenters. The van der Waals surface area contributed by atoms with Crippen LogP contribution in [-0.4, -0.2) is 36.2 Å². The molecule has 6 heteroatoms. The monoisotopic (exact) mass is 182 g/mol. The number of nitrogens with zero attached hydrogens (tertiary/aromatic N) is 1. The molecule has 1 aliphatic rings. The molecule has 0 aromatic heterocycles. The van der Waals surface area contributed by atoms with Gasteiger partial charge < -0.3 is 4.90 Å². The zero-order valence-corrected chi connectivity index (χ0v) is 6.48. The van der Waals surface area contributed by atoms with Crippen LogP contribution < -0.4 is 5.32 Å². The number of halogens is 3. The lowest BCUT2D eigenvalue weighted by atomic mass is 10.3. The fourth-order valence-corrected chi connectivity index (χ4v) is 1.04. The standard InChI is InChI=1S/C6H9F3N2O/c1-4-5(12)11(3-10-4)2-6(7,8)9/h4,10H,2-3H2,1H3. The van der Waals surface area contributed by atoms with E-state index < -0.39 is 24.7 Å². The molecule has 1 fully saturated rings. The number of carbonyl (C=O) groups is 1. The van der Waals surface area contributed by atoms with E-state index in [1.54, 1.807) is 6.92 Å². The molecular weight excluding hydrogens is 173 g/mol. The minimum Gasteiger partial charge on any atom is -0.319 e. The summed E-state index contributed by atoms with van der Waals surface area (Å²) in [6.45, 7) is 0.362. The van der Waals surface area contributed by atoms with Gasteiger partial charge in [0.2, 0.25) is 5.91 Å². The Labute approximate surface area is 67.5 Å². The summed E-state index contributed by atoms with van der Waals surface area (Å²) in [5.41, 5.74) is 0. The van der Waals surface area contributed by atoms with E-state index in [4.69, 9.17) is 0 Å². The molecule has 0 saturated carbocycles. The summed E-state index contributed by atoms with van der Waals surface area (Å²) in [4.78, 5) is 11.7. The Morgan fingerprint density at radius 2 is 2.25 bits per heavy atom. The number of hydrogen-bond acceptors (Lipinski definition) is 2. The number of rotatable bonds is 1. The van der Waals surface area contributed by atoms with E-state index in [0.29, 0.717) is 0 Å². The average molecular weight is 182 g/mol. The van der Waals surface area contributed by atoms with Crippen LogP contribution in [0.4, 0.5) is 13.2 Å². The topological polar surface area (TPSA) is 32.3 Å².